The third-order valence-corrected chi connectivity index (χ3v) is 7.49. The number of nitrogens with one attached hydrogen (secondary N) is 2. The number of ether oxygens (including phenoxy) is 1. The van der Waals surface area contributed by atoms with E-state index in [1.165, 1.54) is 24.6 Å². The minimum Gasteiger partial charge on any atom is -0.475 e. The SMILES string of the molecule is CN(C)CCCOC(=O)c1c(-c2ccc[nH]c2=O)c2c3occc3c(F)cc2n1Cc1cc2[nH]cnc2cc1Cl.O=C(O)C(F)(F)F. The van der Waals surface area contributed by atoms with Gasteiger partial charge >= 0.3 is 18.1 Å². The maximum absolute atomic E-state index is 15.4. The summed E-state index contributed by atoms with van der Waals surface area (Å²) in [5, 5.41) is 8.21. The predicted molar refractivity (Wildman–Crippen MR) is 165 cm³/mol. The first-order chi connectivity index (χ1) is 22.3. The number of furan rings is 1. The molecule has 16 heteroatoms. The van der Waals surface area contributed by atoms with Crippen LogP contribution >= 0.6 is 11.6 Å². The molecule has 0 amide bonds. The van der Waals surface area contributed by atoms with E-state index >= 15 is 4.39 Å². The third-order valence-electron chi connectivity index (χ3n) is 7.14. The number of carboxylic acids is 1. The van der Waals surface area contributed by atoms with Gasteiger partial charge in [0.15, 0.2) is 0 Å². The summed E-state index contributed by atoms with van der Waals surface area (Å²) >= 11 is 6.65. The number of halogens is 5. The van der Waals surface area contributed by atoms with Gasteiger partial charge in [-0.15, -0.1) is 0 Å². The highest BCUT2D eigenvalue weighted by Gasteiger charge is 2.38. The molecule has 0 fully saturated rings. The van der Waals surface area contributed by atoms with Crippen molar-refractivity contribution in [1.29, 1.82) is 0 Å². The van der Waals surface area contributed by atoms with Gasteiger partial charge < -0.3 is 33.7 Å². The third kappa shape index (κ3) is 6.85. The smallest absolute Gasteiger partial charge is 0.475 e. The number of hydrogen-bond donors (Lipinski definition) is 3. The number of pyridine rings is 1. The minimum absolute atomic E-state index is 0.0861. The number of aliphatic carboxylic acids is 1. The number of hydrogen-bond acceptors (Lipinski definition) is 7. The largest absolute Gasteiger partial charge is 0.490 e. The van der Waals surface area contributed by atoms with Crippen molar-refractivity contribution >= 4 is 56.4 Å². The summed E-state index contributed by atoms with van der Waals surface area (Å²) in [6, 6.07) is 9.70. The van der Waals surface area contributed by atoms with Gasteiger partial charge in [0.1, 0.15) is 17.1 Å². The molecule has 6 rings (SSSR count). The van der Waals surface area contributed by atoms with Crippen molar-refractivity contribution in [3.63, 3.8) is 0 Å². The normalized spacial score (nSPS) is 11.7. The van der Waals surface area contributed by atoms with Crippen LogP contribution in [0.3, 0.4) is 0 Å². The fourth-order valence-electron chi connectivity index (χ4n) is 5.07. The van der Waals surface area contributed by atoms with Gasteiger partial charge in [-0.2, -0.15) is 13.2 Å². The fraction of sp³-hybridized carbons (Fsp3) is 0.226. The van der Waals surface area contributed by atoms with Crippen LogP contribution in [0.25, 0.3) is 44.0 Å². The summed E-state index contributed by atoms with van der Waals surface area (Å²) in [7, 11) is 3.87. The van der Waals surface area contributed by atoms with Crippen LogP contribution in [-0.4, -0.2) is 74.9 Å². The molecule has 2 aromatic carbocycles. The predicted octanol–water partition coefficient (Wildman–Crippen LogP) is 6.20. The van der Waals surface area contributed by atoms with Crippen LogP contribution < -0.4 is 5.56 Å². The zero-order valence-corrected chi connectivity index (χ0v) is 25.5. The van der Waals surface area contributed by atoms with Crippen molar-refractivity contribution in [2.24, 2.45) is 0 Å². The number of carboxylic acid groups (broad SMARTS) is 1. The number of nitrogens with zero attached hydrogens (tertiary/aromatic N) is 3. The molecule has 0 spiro atoms. The number of imidazole rings is 1. The Bertz CT molecular complexity index is 2170. The molecule has 3 N–H and O–H groups in total. The maximum Gasteiger partial charge on any atom is 0.490 e. The topological polar surface area (TPSA) is 146 Å². The van der Waals surface area contributed by atoms with Gasteiger partial charge in [0.05, 0.1) is 52.1 Å². The first-order valence-electron chi connectivity index (χ1n) is 13.9. The van der Waals surface area contributed by atoms with Crippen LogP contribution in [0.5, 0.6) is 0 Å². The highest BCUT2D eigenvalue weighted by Crippen LogP contribution is 2.41. The molecule has 0 atom stereocenters. The molecule has 0 bridgehead atoms. The number of fused-ring (bicyclic) bond motifs is 4. The quantitative estimate of drug-likeness (QED) is 0.0982. The lowest BCUT2D eigenvalue weighted by Crippen LogP contribution is -2.21. The molecule has 0 aliphatic rings. The zero-order valence-electron chi connectivity index (χ0n) is 24.7. The van der Waals surface area contributed by atoms with Gasteiger partial charge in [0.2, 0.25) is 0 Å². The van der Waals surface area contributed by atoms with E-state index in [9.17, 15) is 22.8 Å². The lowest BCUT2D eigenvalue weighted by atomic mass is 10.0. The number of aromatic amines is 2. The standard InChI is InChI=1S/C29H25ClFN5O4.C2HF3O2/c1-35(2)8-4-9-40-29(38)26-24(18-5-3-7-32-28(18)37)25-23(13-20(31)17-6-10-39-27(17)25)36(26)14-16-11-21-22(12-19(16)30)34-15-33-21;3-2(4,5)1(6)7/h3,5-7,10-13,15H,4,8-9,14H2,1-2H3,(H,32,37)(H,33,34);(H,6,7). The number of carbonyl (C=O) groups is 2. The van der Waals surface area contributed by atoms with E-state index in [4.69, 9.17) is 30.7 Å². The highest BCUT2D eigenvalue weighted by atomic mass is 35.5. The second-order valence-electron chi connectivity index (χ2n) is 10.6. The zero-order chi connectivity index (χ0) is 34.0. The molecular weight excluding hydrogens is 650 g/mol. The second-order valence-corrected chi connectivity index (χ2v) is 11.0. The van der Waals surface area contributed by atoms with E-state index < -0.39 is 29.5 Å². The number of H-pyrrole nitrogens is 2. The number of esters is 1. The molecule has 6 aromatic rings. The molecule has 4 aromatic heterocycles. The summed E-state index contributed by atoms with van der Waals surface area (Å²) in [6.45, 7) is 0.969. The van der Waals surface area contributed by atoms with Crippen LogP contribution in [0, 0.1) is 5.82 Å². The Morgan fingerprint density at radius 2 is 1.91 bits per heavy atom. The molecule has 0 aliphatic heterocycles. The average molecular weight is 676 g/mol. The van der Waals surface area contributed by atoms with Crippen molar-refractivity contribution in [3.05, 3.63) is 87.6 Å². The molecule has 246 valence electrons. The summed E-state index contributed by atoms with van der Waals surface area (Å²) < 4.78 is 60.2. The lowest BCUT2D eigenvalue weighted by molar-refractivity contribution is -0.192. The molecule has 0 radical (unpaired) electrons. The van der Waals surface area contributed by atoms with Crippen LogP contribution in [0.2, 0.25) is 5.02 Å². The molecule has 0 aliphatic carbocycles. The average Bonchev–Trinajstić information content (AvgIpc) is 3.74. The van der Waals surface area contributed by atoms with Gasteiger partial charge in [-0.05, 0) is 62.5 Å². The summed E-state index contributed by atoms with van der Waals surface area (Å²) in [6.07, 6.45) is -0.0215. The lowest BCUT2D eigenvalue weighted by Gasteiger charge is -2.14. The first-order valence-corrected chi connectivity index (χ1v) is 14.3. The Hall–Kier alpha value is -5.15. The Morgan fingerprint density at radius 3 is 2.60 bits per heavy atom. The maximum atomic E-state index is 15.4. The summed E-state index contributed by atoms with van der Waals surface area (Å²) in [5.41, 5.74) is 2.90. The van der Waals surface area contributed by atoms with Gasteiger partial charge in [-0.25, -0.2) is 19.0 Å². The van der Waals surface area contributed by atoms with Gasteiger partial charge in [-0.1, -0.05) is 11.6 Å². The van der Waals surface area contributed by atoms with E-state index in [1.54, 1.807) is 29.1 Å². The first kappa shape index (κ1) is 33.2. The second kappa shape index (κ2) is 13.3. The number of carbonyl (C=O) groups excluding carboxylic acids is 1. The molecule has 0 saturated heterocycles. The van der Waals surface area contributed by atoms with Gasteiger partial charge in [0.25, 0.3) is 5.56 Å². The van der Waals surface area contributed by atoms with E-state index in [1.807, 2.05) is 25.1 Å². The Kier molecular flexibility index (Phi) is 9.40. The van der Waals surface area contributed by atoms with Crippen LogP contribution in [-0.2, 0) is 16.1 Å². The van der Waals surface area contributed by atoms with E-state index in [0.717, 1.165) is 12.1 Å². The minimum atomic E-state index is -5.08. The van der Waals surface area contributed by atoms with Crippen molar-refractivity contribution in [3.8, 4) is 11.1 Å². The highest BCUT2D eigenvalue weighted by molar-refractivity contribution is 6.32. The van der Waals surface area contributed by atoms with Crippen LogP contribution in [0.1, 0.15) is 22.5 Å². The monoisotopic (exact) mass is 675 g/mol. The van der Waals surface area contributed by atoms with E-state index in [-0.39, 0.29) is 35.4 Å². The van der Waals surface area contributed by atoms with E-state index in [0.29, 0.717) is 39.0 Å². The molecule has 11 nitrogen and oxygen atoms in total. The summed E-state index contributed by atoms with van der Waals surface area (Å²) in [5.74, 6) is -3.93. The number of aromatic nitrogens is 4. The van der Waals surface area contributed by atoms with Gasteiger partial charge in [-0.3, -0.25) is 4.79 Å². The Balaban J connectivity index is 0.000000559. The number of benzene rings is 2. The fourth-order valence-corrected chi connectivity index (χ4v) is 5.29. The summed E-state index contributed by atoms with van der Waals surface area (Å²) in [4.78, 5) is 47.8. The number of rotatable bonds is 8. The molecule has 0 unspecified atom stereocenters. The van der Waals surface area contributed by atoms with Crippen molar-refractivity contribution in [2.45, 2.75) is 19.1 Å². The molecule has 0 saturated carbocycles. The molecular formula is C31H26ClF4N5O6. The Labute approximate surface area is 267 Å². The number of alkyl halides is 3. The van der Waals surface area contributed by atoms with Gasteiger partial charge in [0, 0.05) is 29.9 Å². The van der Waals surface area contributed by atoms with Crippen LogP contribution in [0.15, 0.2) is 64.4 Å². The van der Waals surface area contributed by atoms with Crippen molar-refractivity contribution in [2.75, 3.05) is 27.2 Å². The molecule has 47 heavy (non-hydrogen) atoms. The van der Waals surface area contributed by atoms with Crippen molar-refractivity contribution < 1.29 is 41.4 Å². The Morgan fingerprint density at radius 1 is 1.17 bits per heavy atom. The van der Waals surface area contributed by atoms with E-state index in [2.05, 4.69) is 15.0 Å². The van der Waals surface area contributed by atoms with Crippen molar-refractivity contribution in [1.82, 2.24) is 24.4 Å². The molecule has 4 heterocycles. The van der Waals surface area contributed by atoms with Crippen LogP contribution in [0.4, 0.5) is 17.6 Å².